The summed E-state index contributed by atoms with van der Waals surface area (Å²) in [5, 5.41) is 3.81. The first kappa shape index (κ1) is 21.9. The van der Waals surface area contributed by atoms with E-state index in [2.05, 4.69) is 25.3 Å². The molecule has 0 aliphatic carbocycles. The van der Waals surface area contributed by atoms with Gasteiger partial charge in [0.1, 0.15) is 11.3 Å². The minimum Gasteiger partial charge on any atom is -0.428 e. The van der Waals surface area contributed by atoms with Crippen LogP contribution in [0.15, 0.2) is 29.5 Å². The van der Waals surface area contributed by atoms with Gasteiger partial charge in [-0.05, 0) is 12.1 Å². The number of hydrogen-bond donors (Lipinski definition) is 2. The van der Waals surface area contributed by atoms with Gasteiger partial charge in [-0.2, -0.15) is 13.8 Å². The highest BCUT2D eigenvalue weighted by atomic mass is 19.3. The van der Waals surface area contributed by atoms with Crippen LogP contribution in [0, 0.1) is 0 Å². The van der Waals surface area contributed by atoms with Crippen molar-refractivity contribution in [3.05, 3.63) is 35.7 Å². The molecular weight excluding hydrogens is 450 g/mol. The summed E-state index contributed by atoms with van der Waals surface area (Å²) >= 11 is 0. The van der Waals surface area contributed by atoms with E-state index in [0.29, 0.717) is 63.2 Å². The minimum atomic E-state index is -3.45. The van der Waals surface area contributed by atoms with E-state index in [1.165, 1.54) is 12.4 Å². The van der Waals surface area contributed by atoms with Crippen LogP contribution in [0.25, 0.3) is 10.9 Å². The summed E-state index contributed by atoms with van der Waals surface area (Å²) in [7, 11) is 0. The van der Waals surface area contributed by atoms with Gasteiger partial charge in [0.05, 0.1) is 24.5 Å². The monoisotopic (exact) mass is 472 g/mol. The van der Waals surface area contributed by atoms with Gasteiger partial charge in [-0.15, -0.1) is 0 Å². The van der Waals surface area contributed by atoms with Gasteiger partial charge in [-0.25, -0.2) is 15.0 Å². The first-order valence-corrected chi connectivity index (χ1v) is 10.7. The summed E-state index contributed by atoms with van der Waals surface area (Å²) < 4.78 is 40.5. The highest BCUT2D eigenvalue weighted by Crippen LogP contribution is 2.40. The zero-order chi connectivity index (χ0) is 23.9. The lowest BCUT2D eigenvalue weighted by molar-refractivity contribution is -0.158. The molecule has 4 heterocycles. The number of fused-ring (bicyclic) bond motifs is 3. The number of rotatable bonds is 4. The van der Waals surface area contributed by atoms with Crippen molar-refractivity contribution in [1.29, 1.82) is 0 Å². The standard InChI is InChI=1S/C21H22F2N8O3/c1-21(22,23)34-16-14(30-6-8-33-9-7-30)3-2-13-15(16)28-20(31-5-4-25-17(13)31)29-18(32)12-10-26-19(24)27-11-12/h2-3,10-11,25H,4-9H2,1H3,(H2,24,26,27). The number of anilines is 3. The van der Waals surface area contributed by atoms with Crippen LogP contribution in [0.1, 0.15) is 17.3 Å². The minimum absolute atomic E-state index is 0.0257. The van der Waals surface area contributed by atoms with Gasteiger partial charge in [-0.3, -0.25) is 9.36 Å². The average molecular weight is 472 g/mol. The Kier molecular flexibility index (Phi) is 5.48. The van der Waals surface area contributed by atoms with Crippen LogP contribution < -0.4 is 26.3 Å². The maximum atomic E-state index is 14.1. The predicted molar refractivity (Wildman–Crippen MR) is 119 cm³/mol. The van der Waals surface area contributed by atoms with Crippen molar-refractivity contribution in [2.45, 2.75) is 19.6 Å². The topological polar surface area (TPSA) is 133 Å². The van der Waals surface area contributed by atoms with Crippen molar-refractivity contribution in [2.24, 2.45) is 4.99 Å². The number of carbonyl (C=O) groups excluding carboxylic acids is 1. The van der Waals surface area contributed by atoms with Gasteiger partial charge in [-0.1, -0.05) is 0 Å². The number of nitrogens with two attached hydrogens (primary N) is 1. The van der Waals surface area contributed by atoms with E-state index in [-0.39, 0.29) is 28.4 Å². The maximum Gasteiger partial charge on any atom is 0.395 e. The van der Waals surface area contributed by atoms with Crippen molar-refractivity contribution >= 4 is 34.3 Å². The molecule has 5 rings (SSSR count). The average Bonchev–Trinajstić information content (AvgIpc) is 3.30. The fourth-order valence-corrected chi connectivity index (χ4v) is 3.98. The molecule has 3 aromatic rings. The predicted octanol–water partition coefficient (Wildman–Crippen LogP) is 1.40. The highest BCUT2D eigenvalue weighted by Gasteiger charge is 2.30. The van der Waals surface area contributed by atoms with Crippen molar-refractivity contribution < 1.29 is 23.0 Å². The third kappa shape index (κ3) is 4.21. The number of morpholine rings is 1. The van der Waals surface area contributed by atoms with Crippen molar-refractivity contribution in [3.63, 3.8) is 0 Å². The number of carbonyl (C=O) groups is 1. The van der Waals surface area contributed by atoms with E-state index in [1.54, 1.807) is 16.7 Å². The fraction of sp³-hybridized carbons (Fsp3) is 0.381. The van der Waals surface area contributed by atoms with Gasteiger partial charge in [0.25, 0.3) is 5.91 Å². The Morgan fingerprint density at radius 2 is 1.97 bits per heavy atom. The molecule has 2 aromatic heterocycles. The SMILES string of the molecule is CC(F)(F)Oc1c(N2CCOCC2)ccc2c3n(c(=NC(=O)c4cnc(N)nc4)nc12)CCN3. The smallest absolute Gasteiger partial charge is 0.395 e. The second-order valence-corrected chi connectivity index (χ2v) is 7.91. The number of aromatic nitrogens is 4. The first-order valence-electron chi connectivity index (χ1n) is 10.7. The van der Waals surface area contributed by atoms with Crippen molar-refractivity contribution in [1.82, 2.24) is 19.5 Å². The van der Waals surface area contributed by atoms with Gasteiger partial charge < -0.3 is 25.4 Å². The molecule has 34 heavy (non-hydrogen) atoms. The molecule has 1 amide bonds. The number of amides is 1. The number of nitrogen functional groups attached to an aromatic ring is 1. The summed E-state index contributed by atoms with van der Waals surface area (Å²) in [6, 6.07) is 3.54. The number of alkyl halides is 2. The van der Waals surface area contributed by atoms with Crippen LogP contribution in [0.4, 0.5) is 26.2 Å². The van der Waals surface area contributed by atoms with Crippen LogP contribution in [-0.2, 0) is 11.3 Å². The molecule has 1 aromatic carbocycles. The summed E-state index contributed by atoms with van der Waals surface area (Å²) in [4.78, 5) is 30.9. The third-order valence-electron chi connectivity index (χ3n) is 5.47. The lowest BCUT2D eigenvalue weighted by Gasteiger charge is -2.31. The Labute approximate surface area is 192 Å². The number of benzene rings is 1. The van der Waals surface area contributed by atoms with Crippen molar-refractivity contribution in [2.75, 3.05) is 48.8 Å². The van der Waals surface area contributed by atoms with Gasteiger partial charge in [0.15, 0.2) is 5.75 Å². The van der Waals surface area contributed by atoms with E-state index in [4.69, 9.17) is 15.2 Å². The normalized spacial score (nSPS) is 16.4. The quantitative estimate of drug-likeness (QED) is 0.578. The molecule has 178 valence electrons. The van der Waals surface area contributed by atoms with E-state index in [0.717, 1.165) is 0 Å². The lowest BCUT2D eigenvalue weighted by Crippen LogP contribution is -2.37. The Bertz CT molecular complexity index is 1310. The number of ether oxygens (including phenoxy) is 2. The Balaban J connectivity index is 1.72. The van der Waals surface area contributed by atoms with Crippen molar-refractivity contribution in [3.8, 4) is 5.75 Å². The molecule has 13 heteroatoms. The lowest BCUT2D eigenvalue weighted by atomic mass is 10.1. The number of nitrogens with one attached hydrogen (secondary N) is 1. The Morgan fingerprint density at radius 1 is 1.24 bits per heavy atom. The molecule has 2 aliphatic heterocycles. The summed E-state index contributed by atoms with van der Waals surface area (Å²) in [5.74, 6) is -0.0783. The van der Waals surface area contributed by atoms with Gasteiger partial charge in [0, 0.05) is 50.9 Å². The molecule has 0 bridgehead atoms. The number of halogens is 2. The number of nitrogens with zero attached hydrogens (tertiary/aromatic N) is 6. The molecule has 11 nitrogen and oxygen atoms in total. The maximum absolute atomic E-state index is 14.1. The zero-order valence-corrected chi connectivity index (χ0v) is 18.3. The van der Waals surface area contributed by atoms with E-state index < -0.39 is 12.0 Å². The second kappa shape index (κ2) is 8.48. The van der Waals surface area contributed by atoms with Gasteiger partial charge in [0.2, 0.25) is 11.6 Å². The third-order valence-corrected chi connectivity index (χ3v) is 5.47. The van der Waals surface area contributed by atoms with Crippen LogP contribution in [0.5, 0.6) is 5.75 Å². The van der Waals surface area contributed by atoms with Crippen LogP contribution in [0.3, 0.4) is 0 Å². The summed E-state index contributed by atoms with van der Waals surface area (Å²) in [5.41, 5.74) is 6.30. The fourth-order valence-electron chi connectivity index (χ4n) is 3.98. The molecule has 0 atom stereocenters. The largest absolute Gasteiger partial charge is 0.428 e. The molecular formula is C21H22F2N8O3. The zero-order valence-electron chi connectivity index (χ0n) is 18.3. The molecule has 2 aliphatic rings. The van der Waals surface area contributed by atoms with E-state index >= 15 is 0 Å². The summed E-state index contributed by atoms with van der Waals surface area (Å²) in [6.07, 6.45) is -0.923. The molecule has 3 N–H and O–H groups in total. The molecule has 1 fully saturated rings. The molecule has 0 radical (unpaired) electrons. The Hall–Kier alpha value is -3.87. The van der Waals surface area contributed by atoms with Crippen LogP contribution in [-0.4, -0.2) is 64.4 Å². The van der Waals surface area contributed by atoms with E-state index in [9.17, 15) is 13.6 Å². The molecule has 0 spiro atoms. The summed E-state index contributed by atoms with van der Waals surface area (Å²) in [6.45, 7) is 3.69. The second-order valence-electron chi connectivity index (χ2n) is 7.91. The molecule has 0 saturated carbocycles. The van der Waals surface area contributed by atoms with E-state index in [1.807, 2.05) is 4.90 Å². The van der Waals surface area contributed by atoms with Gasteiger partial charge >= 0.3 is 6.11 Å². The Morgan fingerprint density at radius 3 is 2.68 bits per heavy atom. The number of hydrogen-bond acceptors (Lipinski definition) is 9. The molecule has 1 saturated heterocycles. The molecule has 0 unspecified atom stereocenters. The van der Waals surface area contributed by atoms with Crippen LogP contribution >= 0.6 is 0 Å². The first-order chi connectivity index (χ1) is 16.3. The van der Waals surface area contributed by atoms with Crippen LogP contribution in [0.2, 0.25) is 0 Å². The highest BCUT2D eigenvalue weighted by molar-refractivity contribution is 5.98.